The Morgan fingerprint density at radius 3 is 1.38 bits per heavy atom. The fraction of sp³-hybridized carbons (Fsp3) is 1.00. The number of rotatable bonds is 17. The van der Waals surface area contributed by atoms with Crippen LogP contribution >= 0.6 is 0 Å². The predicted octanol–water partition coefficient (Wildman–Crippen LogP) is 6.21. The number of unbranched alkanes of at least 4 members (excludes halogenated alkanes) is 13. The van der Waals surface area contributed by atoms with Crippen LogP contribution in [0, 0.1) is 0 Å². The first-order chi connectivity index (χ1) is 10.3. The summed E-state index contributed by atoms with van der Waals surface area (Å²) in [5.74, 6) is 0. The summed E-state index contributed by atoms with van der Waals surface area (Å²) in [5.41, 5.74) is 0. The molecule has 0 aromatic heterocycles. The average Bonchev–Trinajstić information content (AvgIpc) is 2.50. The Bertz CT molecular complexity index is 182. The maximum atomic E-state index is 9.24. The van der Waals surface area contributed by atoms with Crippen molar-refractivity contribution in [3.8, 4) is 0 Å². The Kier molecular flexibility index (Phi) is 17.9. The lowest BCUT2D eigenvalue weighted by molar-refractivity contribution is -0.101. The van der Waals surface area contributed by atoms with Crippen LogP contribution in [-0.2, 0) is 4.74 Å². The van der Waals surface area contributed by atoms with E-state index in [-0.39, 0.29) is 0 Å². The maximum Gasteiger partial charge on any atom is 0.154 e. The minimum absolute atomic E-state index is 0.549. The second-order valence-electron chi connectivity index (χ2n) is 6.33. The number of ether oxygens (including phenoxy) is 1. The zero-order valence-electron chi connectivity index (χ0n) is 14.7. The van der Waals surface area contributed by atoms with Crippen LogP contribution in [0.4, 0.5) is 0 Å². The molecule has 0 aromatic carbocycles. The molecule has 0 aliphatic rings. The SMILES string of the molecule is CCCCCCCCCCCCCCCCOC(O)CC. The predicted molar refractivity (Wildman–Crippen MR) is 92.6 cm³/mol. The summed E-state index contributed by atoms with van der Waals surface area (Å²) in [6, 6.07) is 0. The van der Waals surface area contributed by atoms with E-state index >= 15 is 0 Å². The maximum absolute atomic E-state index is 9.24. The lowest BCUT2D eigenvalue weighted by Crippen LogP contribution is -2.10. The minimum Gasteiger partial charge on any atom is -0.368 e. The van der Waals surface area contributed by atoms with Crippen LogP contribution in [0.1, 0.15) is 110 Å². The third-order valence-corrected chi connectivity index (χ3v) is 4.16. The van der Waals surface area contributed by atoms with Gasteiger partial charge in [0.2, 0.25) is 0 Å². The molecule has 0 radical (unpaired) electrons. The Morgan fingerprint density at radius 2 is 1.00 bits per heavy atom. The molecule has 0 aliphatic heterocycles. The van der Waals surface area contributed by atoms with Crippen LogP contribution in [0.3, 0.4) is 0 Å². The summed E-state index contributed by atoms with van der Waals surface area (Å²) < 4.78 is 5.25. The first-order valence-electron chi connectivity index (χ1n) is 9.61. The van der Waals surface area contributed by atoms with Gasteiger partial charge in [0.1, 0.15) is 0 Å². The van der Waals surface area contributed by atoms with Gasteiger partial charge >= 0.3 is 0 Å². The smallest absolute Gasteiger partial charge is 0.154 e. The van der Waals surface area contributed by atoms with Crippen molar-refractivity contribution in [2.24, 2.45) is 0 Å². The summed E-state index contributed by atoms with van der Waals surface area (Å²) in [7, 11) is 0. The van der Waals surface area contributed by atoms with Gasteiger partial charge in [-0.05, 0) is 12.8 Å². The van der Waals surface area contributed by atoms with Gasteiger partial charge in [-0.25, -0.2) is 0 Å². The summed E-state index contributed by atoms with van der Waals surface area (Å²) >= 11 is 0. The quantitative estimate of drug-likeness (QED) is 0.255. The fourth-order valence-corrected chi connectivity index (χ4v) is 2.63. The first kappa shape index (κ1) is 20.9. The van der Waals surface area contributed by atoms with E-state index in [9.17, 15) is 5.11 Å². The van der Waals surface area contributed by atoms with Crippen LogP contribution in [-0.4, -0.2) is 18.0 Å². The van der Waals surface area contributed by atoms with Gasteiger partial charge in [0, 0.05) is 6.61 Å². The number of hydrogen-bond acceptors (Lipinski definition) is 2. The second-order valence-corrected chi connectivity index (χ2v) is 6.33. The van der Waals surface area contributed by atoms with Crippen molar-refractivity contribution < 1.29 is 9.84 Å². The van der Waals surface area contributed by atoms with Gasteiger partial charge in [-0.3, -0.25) is 0 Å². The monoisotopic (exact) mass is 300 g/mol. The molecule has 2 heteroatoms. The van der Waals surface area contributed by atoms with Gasteiger partial charge in [0.05, 0.1) is 0 Å². The molecule has 0 spiro atoms. The van der Waals surface area contributed by atoms with Gasteiger partial charge in [-0.2, -0.15) is 0 Å². The van der Waals surface area contributed by atoms with E-state index in [0.717, 1.165) is 6.42 Å². The molecule has 0 fully saturated rings. The van der Waals surface area contributed by atoms with Crippen molar-refractivity contribution in [1.29, 1.82) is 0 Å². The van der Waals surface area contributed by atoms with Crippen molar-refractivity contribution in [3.05, 3.63) is 0 Å². The molecule has 21 heavy (non-hydrogen) atoms. The number of aliphatic hydroxyl groups excluding tert-OH is 1. The molecule has 1 atom stereocenters. The van der Waals surface area contributed by atoms with Crippen LogP contribution < -0.4 is 0 Å². The molecule has 0 bridgehead atoms. The summed E-state index contributed by atoms with van der Waals surface area (Å²) in [5, 5.41) is 9.24. The molecule has 0 saturated heterocycles. The highest BCUT2D eigenvalue weighted by Gasteiger charge is 1.99. The normalized spacial score (nSPS) is 12.7. The van der Waals surface area contributed by atoms with Crippen molar-refractivity contribution in [2.45, 2.75) is 116 Å². The third-order valence-electron chi connectivity index (χ3n) is 4.16. The van der Waals surface area contributed by atoms with Crippen LogP contribution in [0.25, 0.3) is 0 Å². The van der Waals surface area contributed by atoms with Crippen molar-refractivity contribution >= 4 is 0 Å². The zero-order valence-corrected chi connectivity index (χ0v) is 14.7. The Morgan fingerprint density at radius 1 is 0.619 bits per heavy atom. The molecule has 1 unspecified atom stereocenters. The lowest BCUT2D eigenvalue weighted by Gasteiger charge is -2.08. The van der Waals surface area contributed by atoms with Gasteiger partial charge in [-0.1, -0.05) is 97.3 Å². The zero-order chi connectivity index (χ0) is 15.6. The van der Waals surface area contributed by atoms with Gasteiger partial charge in [0.15, 0.2) is 6.29 Å². The molecule has 0 aromatic rings. The molecule has 0 amide bonds. The Hall–Kier alpha value is -0.0800. The van der Waals surface area contributed by atoms with Crippen molar-refractivity contribution in [3.63, 3.8) is 0 Å². The lowest BCUT2D eigenvalue weighted by atomic mass is 10.0. The number of hydrogen-bond donors (Lipinski definition) is 1. The van der Waals surface area contributed by atoms with E-state index in [2.05, 4.69) is 6.92 Å². The Balaban J connectivity index is 2.96. The fourth-order valence-electron chi connectivity index (χ4n) is 2.63. The minimum atomic E-state index is -0.549. The molecular weight excluding hydrogens is 260 g/mol. The third kappa shape index (κ3) is 17.9. The van der Waals surface area contributed by atoms with Crippen molar-refractivity contribution in [2.75, 3.05) is 6.61 Å². The van der Waals surface area contributed by atoms with E-state index < -0.39 is 6.29 Å². The van der Waals surface area contributed by atoms with Crippen LogP contribution in [0.5, 0.6) is 0 Å². The molecule has 0 aliphatic carbocycles. The molecule has 0 rings (SSSR count). The van der Waals surface area contributed by atoms with Crippen molar-refractivity contribution in [1.82, 2.24) is 0 Å². The van der Waals surface area contributed by atoms with Gasteiger partial charge < -0.3 is 9.84 Å². The molecule has 0 saturated carbocycles. The second kappa shape index (κ2) is 18.0. The standard InChI is InChI=1S/C19H40O2/c1-3-5-6-7-8-9-10-11-12-13-14-15-16-17-18-21-19(20)4-2/h19-20H,3-18H2,1-2H3. The van der Waals surface area contributed by atoms with E-state index in [1.54, 1.807) is 0 Å². The van der Waals surface area contributed by atoms with E-state index in [0.29, 0.717) is 13.0 Å². The molecule has 2 nitrogen and oxygen atoms in total. The molecule has 1 N–H and O–H groups in total. The summed E-state index contributed by atoms with van der Waals surface area (Å²) in [6.07, 6.45) is 19.4. The highest BCUT2D eigenvalue weighted by atomic mass is 16.6. The first-order valence-corrected chi connectivity index (χ1v) is 9.61. The molecular formula is C19H40O2. The molecule has 0 heterocycles. The molecule has 128 valence electrons. The summed E-state index contributed by atoms with van der Waals surface area (Å²) in [6.45, 7) is 4.94. The van der Waals surface area contributed by atoms with Gasteiger partial charge in [-0.15, -0.1) is 0 Å². The highest BCUT2D eigenvalue weighted by molar-refractivity contribution is 4.49. The largest absolute Gasteiger partial charge is 0.368 e. The van der Waals surface area contributed by atoms with E-state index in [1.807, 2.05) is 6.92 Å². The van der Waals surface area contributed by atoms with Crippen LogP contribution in [0.15, 0.2) is 0 Å². The van der Waals surface area contributed by atoms with E-state index in [4.69, 9.17) is 4.74 Å². The number of aliphatic hydroxyl groups is 1. The summed E-state index contributed by atoms with van der Waals surface area (Å²) in [4.78, 5) is 0. The van der Waals surface area contributed by atoms with Crippen LogP contribution in [0.2, 0.25) is 0 Å². The van der Waals surface area contributed by atoms with E-state index in [1.165, 1.54) is 83.5 Å². The topological polar surface area (TPSA) is 29.5 Å². The average molecular weight is 301 g/mol. The van der Waals surface area contributed by atoms with Gasteiger partial charge in [0.25, 0.3) is 0 Å². The Labute approximate surface area is 133 Å². The highest BCUT2D eigenvalue weighted by Crippen LogP contribution is 2.13.